The van der Waals surface area contributed by atoms with Crippen LogP contribution < -0.4 is 0 Å². The average Bonchev–Trinajstić information content (AvgIpc) is 3.13. The number of carbonyl (C=O) groups is 1. The number of hydrogen-bond donors (Lipinski definition) is 1. The Bertz CT molecular complexity index is 292. The zero-order valence-corrected chi connectivity index (χ0v) is 11.7. The molecule has 1 aliphatic carbocycles. The minimum absolute atomic E-state index is 0.574. The number of nitrogens with zero attached hydrogens (tertiary/aromatic N) is 2. The predicted octanol–water partition coefficient (Wildman–Crippen LogP) is 1.66. The Morgan fingerprint density at radius 1 is 1.22 bits per heavy atom. The molecule has 2 rings (SSSR count). The molecular weight excluding hydrogens is 228 g/mol. The summed E-state index contributed by atoms with van der Waals surface area (Å²) in [6, 6.07) is 0.887. The van der Waals surface area contributed by atoms with Crippen molar-refractivity contribution >= 4 is 5.97 Å². The molecule has 1 saturated carbocycles. The van der Waals surface area contributed by atoms with E-state index in [1.165, 1.54) is 25.9 Å². The van der Waals surface area contributed by atoms with Crippen LogP contribution in [0.15, 0.2) is 0 Å². The van der Waals surface area contributed by atoms with Crippen LogP contribution in [0.3, 0.4) is 0 Å². The number of piperazine rings is 1. The van der Waals surface area contributed by atoms with Gasteiger partial charge >= 0.3 is 5.97 Å². The third-order valence-corrected chi connectivity index (χ3v) is 4.33. The van der Waals surface area contributed by atoms with Crippen molar-refractivity contribution in [2.24, 2.45) is 5.41 Å². The van der Waals surface area contributed by atoms with E-state index in [2.05, 4.69) is 9.80 Å². The summed E-state index contributed by atoms with van der Waals surface area (Å²) in [5.74, 6) is -0.680. The van der Waals surface area contributed by atoms with Crippen molar-refractivity contribution in [3.8, 4) is 0 Å². The van der Waals surface area contributed by atoms with Gasteiger partial charge in [0, 0.05) is 32.2 Å². The van der Waals surface area contributed by atoms with Crippen molar-refractivity contribution in [2.75, 3.05) is 32.7 Å². The zero-order chi connectivity index (χ0) is 13.2. The average molecular weight is 254 g/mol. The van der Waals surface area contributed by atoms with E-state index in [9.17, 15) is 4.79 Å². The largest absolute Gasteiger partial charge is 0.481 e. The van der Waals surface area contributed by atoms with Gasteiger partial charge in [0.05, 0.1) is 5.41 Å². The Kier molecular flexibility index (Phi) is 4.28. The lowest BCUT2D eigenvalue weighted by molar-refractivity contribution is -0.147. The number of carboxylic acid groups (broad SMARTS) is 1. The van der Waals surface area contributed by atoms with Crippen LogP contribution in [-0.2, 0) is 4.79 Å². The minimum Gasteiger partial charge on any atom is -0.481 e. The van der Waals surface area contributed by atoms with Gasteiger partial charge in [0.1, 0.15) is 0 Å². The first-order chi connectivity index (χ1) is 8.49. The molecule has 0 radical (unpaired) electrons. The van der Waals surface area contributed by atoms with Gasteiger partial charge in [-0.05, 0) is 46.1 Å². The molecule has 0 atom stereocenters. The molecule has 1 N–H and O–H groups in total. The molecule has 0 aromatic heterocycles. The lowest BCUT2D eigenvalue weighted by atomic mass is 9.88. The zero-order valence-electron chi connectivity index (χ0n) is 11.7. The SMILES string of the molecule is CC(C)(CCCN1CCN(C2CC2)CC1)C(=O)O. The van der Waals surface area contributed by atoms with Crippen LogP contribution in [0.4, 0.5) is 0 Å². The summed E-state index contributed by atoms with van der Waals surface area (Å²) in [5, 5.41) is 9.06. The van der Waals surface area contributed by atoms with E-state index < -0.39 is 11.4 Å². The molecule has 1 heterocycles. The highest BCUT2D eigenvalue weighted by Crippen LogP contribution is 2.27. The maximum atomic E-state index is 11.0. The van der Waals surface area contributed by atoms with Gasteiger partial charge in [-0.15, -0.1) is 0 Å². The summed E-state index contributed by atoms with van der Waals surface area (Å²) in [7, 11) is 0. The maximum absolute atomic E-state index is 11.0. The van der Waals surface area contributed by atoms with Gasteiger partial charge in [-0.2, -0.15) is 0 Å². The molecule has 4 nitrogen and oxygen atoms in total. The monoisotopic (exact) mass is 254 g/mol. The number of hydrogen-bond acceptors (Lipinski definition) is 3. The topological polar surface area (TPSA) is 43.8 Å². The Hall–Kier alpha value is -0.610. The van der Waals surface area contributed by atoms with Gasteiger partial charge in [-0.3, -0.25) is 9.69 Å². The third-order valence-electron chi connectivity index (χ3n) is 4.33. The van der Waals surface area contributed by atoms with E-state index in [0.29, 0.717) is 0 Å². The van der Waals surface area contributed by atoms with Crippen LogP contribution in [0, 0.1) is 5.41 Å². The molecule has 1 aliphatic heterocycles. The Morgan fingerprint density at radius 2 is 1.83 bits per heavy atom. The highest BCUT2D eigenvalue weighted by molar-refractivity contribution is 5.73. The smallest absolute Gasteiger partial charge is 0.309 e. The maximum Gasteiger partial charge on any atom is 0.309 e. The van der Waals surface area contributed by atoms with Crippen molar-refractivity contribution in [3.63, 3.8) is 0 Å². The quantitative estimate of drug-likeness (QED) is 0.783. The molecule has 2 fully saturated rings. The van der Waals surface area contributed by atoms with E-state index in [4.69, 9.17) is 5.11 Å². The van der Waals surface area contributed by atoms with Gasteiger partial charge in [0.25, 0.3) is 0 Å². The molecule has 0 spiro atoms. The summed E-state index contributed by atoms with van der Waals surface area (Å²) in [5.41, 5.74) is -0.574. The van der Waals surface area contributed by atoms with E-state index >= 15 is 0 Å². The lowest BCUT2D eigenvalue weighted by Gasteiger charge is -2.35. The van der Waals surface area contributed by atoms with Crippen LogP contribution in [0.5, 0.6) is 0 Å². The standard InChI is InChI=1S/C14H26N2O2/c1-14(2,13(17)18)6-3-7-15-8-10-16(11-9-15)12-4-5-12/h12H,3-11H2,1-2H3,(H,17,18). The summed E-state index contributed by atoms with van der Waals surface area (Å²) in [6.45, 7) is 9.41. The van der Waals surface area contributed by atoms with Crippen LogP contribution in [-0.4, -0.2) is 59.6 Å². The molecule has 0 aromatic carbocycles. The Labute approximate surface area is 110 Å². The van der Waals surface area contributed by atoms with Gasteiger partial charge < -0.3 is 10.0 Å². The van der Waals surface area contributed by atoms with Gasteiger partial charge in [-0.1, -0.05) is 0 Å². The molecule has 1 saturated heterocycles. The molecule has 0 amide bonds. The number of aliphatic carboxylic acids is 1. The van der Waals surface area contributed by atoms with Gasteiger partial charge in [0.2, 0.25) is 0 Å². The van der Waals surface area contributed by atoms with Crippen molar-refractivity contribution in [2.45, 2.75) is 45.6 Å². The molecule has 2 aliphatic rings. The number of rotatable bonds is 6. The van der Waals surface area contributed by atoms with Crippen molar-refractivity contribution in [1.82, 2.24) is 9.80 Å². The first-order valence-electron chi connectivity index (χ1n) is 7.19. The fraction of sp³-hybridized carbons (Fsp3) is 0.929. The highest BCUT2D eigenvalue weighted by atomic mass is 16.4. The lowest BCUT2D eigenvalue weighted by Crippen LogP contribution is -2.47. The first-order valence-corrected chi connectivity index (χ1v) is 7.19. The predicted molar refractivity (Wildman–Crippen MR) is 71.7 cm³/mol. The molecule has 18 heavy (non-hydrogen) atoms. The van der Waals surface area contributed by atoms with Gasteiger partial charge in [0.15, 0.2) is 0 Å². The molecule has 4 heteroatoms. The fourth-order valence-electron chi connectivity index (χ4n) is 2.64. The van der Waals surface area contributed by atoms with Crippen molar-refractivity contribution in [1.29, 1.82) is 0 Å². The molecule has 0 bridgehead atoms. The van der Waals surface area contributed by atoms with E-state index in [0.717, 1.165) is 38.5 Å². The molecule has 0 aromatic rings. The fourth-order valence-corrected chi connectivity index (χ4v) is 2.64. The van der Waals surface area contributed by atoms with Crippen LogP contribution >= 0.6 is 0 Å². The van der Waals surface area contributed by atoms with Crippen molar-refractivity contribution in [3.05, 3.63) is 0 Å². The van der Waals surface area contributed by atoms with E-state index in [-0.39, 0.29) is 0 Å². The minimum atomic E-state index is -0.680. The van der Waals surface area contributed by atoms with E-state index in [1.807, 2.05) is 13.8 Å². The van der Waals surface area contributed by atoms with Crippen LogP contribution in [0.1, 0.15) is 39.5 Å². The molecular formula is C14H26N2O2. The molecule has 104 valence electrons. The third kappa shape index (κ3) is 3.69. The normalized spacial score (nSPS) is 23.2. The Morgan fingerprint density at radius 3 is 2.33 bits per heavy atom. The summed E-state index contributed by atoms with van der Waals surface area (Å²) in [6.07, 6.45) is 4.55. The summed E-state index contributed by atoms with van der Waals surface area (Å²) >= 11 is 0. The Balaban J connectivity index is 1.61. The van der Waals surface area contributed by atoms with Gasteiger partial charge in [-0.25, -0.2) is 0 Å². The highest BCUT2D eigenvalue weighted by Gasteiger charge is 2.31. The second kappa shape index (κ2) is 5.57. The first kappa shape index (κ1) is 13.8. The second-order valence-corrected chi connectivity index (χ2v) is 6.40. The molecule has 0 unspecified atom stereocenters. The van der Waals surface area contributed by atoms with Crippen LogP contribution in [0.2, 0.25) is 0 Å². The number of carboxylic acids is 1. The van der Waals surface area contributed by atoms with Crippen molar-refractivity contribution < 1.29 is 9.90 Å². The summed E-state index contributed by atoms with van der Waals surface area (Å²) in [4.78, 5) is 16.1. The summed E-state index contributed by atoms with van der Waals surface area (Å²) < 4.78 is 0. The van der Waals surface area contributed by atoms with Crippen LogP contribution in [0.25, 0.3) is 0 Å². The van der Waals surface area contributed by atoms with E-state index in [1.54, 1.807) is 0 Å². The second-order valence-electron chi connectivity index (χ2n) is 6.40.